The van der Waals surface area contributed by atoms with Crippen LogP contribution in [0.25, 0.3) is 55.7 Å². The number of ether oxygens (including phenoxy) is 1. The molecular weight excluding hydrogens is 564 g/mol. The monoisotopic (exact) mass is 592 g/mol. The predicted molar refractivity (Wildman–Crippen MR) is 183 cm³/mol. The van der Waals surface area contributed by atoms with Gasteiger partial charge >= 0.3 is 0 Å². The molecule has 3 heterocycles. The van der Waals surface area contributed by atoms with Crippen molar-refractivity contribution in [2.45, 2.75) is 12.2 Å². The fourth-order valence-electron chi connectivity index (χ4n) is 8.55. The number of allylic oxidation sites excluding steroid dienone is 10. The van der Waals surface area contributed by atoms with Gasteiger partial charge < -0.3 is 9.15 Å². The molecule has 1 saturated heterocycles. The molecule has 4 heteroatoms. The van der Waals surface area contributed by atoms with Crippen LogP contribution in [0.15, 0.2) is 138 Å². The molecule has 0 bridgehead atoms. The molecule has 1 fully saturated rings. The zero-order chi connectivity index (χ0) is 29.9. The van der Waals surface area contributed by atoms with Crippen LogP contribution >= 0.6 is 0 Å². The van der Waals surface area contributed by atoms with E-state index in [0.717, 1.165) is 38.9 Å². The number of hydrogen-bond donors (Lipinski definition) is 0. The third kappa shape index (κ3) is 3.37. The molecule has 6 aliphatic rings. The standard InChI is InChI=1S/C42H28N2O2/c1-2-9-24-20-25(17-16-23(24)8-1)38-41-39(30-11-4-6-15-36(30)46-41)44-42(43-38)26-18-19-27-32(21-26)29-12-7-13-31-37(29)33(27)22-34-28-10-3-5-14-35(28)45-40(31)34/h1-24,28,34-35,40H. The van der Waals surface area contributed by atoms with Gasteiger partial charge in [-0.2, -0.15) is 0 Å². The van der Waals surface area contributed by atoms with Crippen molar-refractivity contribution >= 4 is 33.2 Å². The summed E-state index contributed by atoms with van der Waals surface area (Å²) in [5, 5.41) is 1.00. The summed E-state index contributed by atoms with van der Waals surface area (Å²) in [6, 6.07) is 21.6. The van der Waals surface area contributed by atoms with Crippen molar-refractivity contribution in [1.82, 2.24) is 9.97 Å². The number of aromatic nitrogens is 2. The van der Waals surface area contributed by atoms with Crippen LogP contribution in [0.1, 0.15) is 28.5 Å². The van der Waals surface area contributed by atoms with Crippen molar-refractivity contribution in [2.75, 3.05) is 0 Å². The van der Waals surface area contributed by atoms with Gasteiger partial charge in [0.05, 0.1) is 12.2 Å². The first-order valence-electron chi connectivity index (χ1n) is 16.2. The molecule has 0 saturated carbocycles. The number of fused-ring (bicyclic) bond motifs is 11. The van der Waals surface area contributed by atoms with Gasteiger partial charge in [0.1, 0.15) is 16.8 Å². The number of para-hydroxylation sites is 1. The minimum atomic E-state index is 0.0727. The number of nitrogens with zero attached hydrogens (tertiary/aromatic N) is 2. The van der Waals surface area contributed by atoms with Gasteiger partial charge in [0.25, 0.3) is 0 Å². The molecule has 1 aliphatic heterocycles. The molecule has 6 unspecified atom stereocenters. The van der Waals surface area contributed by atoms with Crippen LogP contribution in [0.3, 0.4) is 0 Å². The van der Waals surface area contributed by atoms with E-state index in [1.807, 2.05) is 18.2 Å². The summed E-state index contributed by atoms with van der Waals surface area (Å²) in [4.78, 5) is 10.4. The van der Waals surface area contributed by atoms with E-state index in [2.05, 4.69) is 115 Å². The van der Waals surface area contributed by atoms with Crippen LogP contribution in [0.5, 0.6) is 0 Å². The van der Waals surface area contributed by atoms with Gasteiger partial charge in [-0.05, 0) is 51.6 Å². The summed E-state index contributed by atoms with van der Waals surface area (Å²) < 4.78 is 13.1. The fraction of sp³-hybridized carbons (Fsp3) is 0.143. The molecule has 0 radical (unpaired) electrons. The number of rotatable bonds is 2. The number of hydrogen-bond acceptors (Lipinski definition) is 4. The molecule has 6 atom stereocenters. The second-order valence-corrected chi connectivity index (χ2v) is 13.1. The van der Waals surface area contributed by atoms with Crippen LogP contribution in [0.2, 0.25) is 0 Å². The lowest BCUT2D eigenvalue weighted by molar-refractivity contribution is 0.0585. The Morgan fingerprint density at radius 1 is 0.674 bits per heavy atom. The van der Waals surface area contributed by atoms with Crippen molar-refractivity contribution < 1.29 is 9.15 Å². The molecular formula is C42H28N2O2. The Labute approximate surface area is 266 Å². The summed E-state index contributed by atoms with van der Waals surface area (Å²) in [7, 11) is 0. The maximum Gasteiger partial charge on any atom is 0.180 e. The Morgan fingerprint density at radius 3 is 2.54 bits per heavy atom. The van der Waals surface area contributed by atoms with E-state index in [1.165, 1.54) is 33.4 Å². The largest absolute Gasteiger partial charge is 0.452 e. The molecule has 0 amide bonds. The lowest BCUT2D eigenvalue weighted by Crippen LogP contribution is -2.19. The van der Waals surface area contributed by atoms with Gasteiger partial charge in [-0.15, -0.1) is 0 Å². The van der Waals surface area contributed by atoms with Gasteiger partial charge in [-0.1, -0.05) is 115 Å². The van der Waals surface area contributed by atoms with Gasteiger partial charge in [0.2, 0.25) is 0 Å². The highest BCUT2D eigenvalue weighted by atomic mass is 16.5. The first-order chi connectivity index (χ1) is 22.8. The first kappa shape index (κ1) is 24.9. The van der Waals surface area contributed by atoms with E-state index in [-0.39, 0.29) is 12.2 Å². The maximum absolute atomic E-state index is 6.66. The van der Waals surface area contributed by atoms with Gasteiger partial charge in [0.15, 0.2) is 11.4 Å². The zero-order valence-corrected chi connectivity index (χ0v) is 24.9. The van der Waals surface area contributed by atoms with E-state index in [1.54, 1.807) is 0 Å². The molecule has 4 nitrogen and oxygen atoms in total. The second kappa shape index (κ2) is 9.12. The third-order valence-electron chi connectivity index (χ3n) is 10.7. The molecule has 0 N–H and O–H groups in total. The summed E-state index contributed by atoms with van der Waals surface area (Å²) in [5.41, 5.74) is 13.0. The molecule has 46 heavy (non-hydrogen) atoms. The second-order valence-electron chi connectivity index (χ2n) is 13.1. The van der Waals surface area contributed by atoms with Crippen LogP contribution in [-0.4, -0.2) is 16.1 Å². The maximum atomic E-state index is 6.66. The van der Waals surface area contributed by atoms with E-state index >= 15 is 0 Å². The van der Waals surface area contributed by atoms with Crippen LogP contribution < -0.4 is 0 Å². The summed E-state index contributed by atoms with van der Waals surface area (Å²) in [5.74, 6) is 2.06. The highest BCUT2D eigenvalue weighted by molar-refractivity contribution is 6.07. The molecule has 3 aromatic carbocycles. The fourth-order valence-corrected chi connectivity index (χ4v) is 8.55. The number of benzene rings is 3. The molecule has 5 aromatic rings. The smallest absolute Gasteiger partial charge is 0.180 e. The predicted octanol–water partition coefficient (Wildman–Crippen LogP) is 9.58. The Hall–Kier alpha value is -5.32. The molecule has 0 spiro atoms. The summed E-state index contributed by atoms with van der Waals surface area (Å²) in [6.07, 6.45) is 27.1. The van der Waals surface area contributed by atoms with E-state index < -0.39 is 0 Å². The molecule has 11 rings (SSSR count). The van der Waals surface area contributed by atoms with Gasteiger partial charge in [-0.3, -0.25) is 0 Å². The van der Waals surface area contributed by atoms with Crippen molar-refractivity contribution in [3.8, 4) is 22.5 Å². The van der Waals surface area contributed by atoms with Gasteiger partial charge in [-0.25, -0.2) is 9.97 Å². The highest BCUT2D eigenvalue weighted by Crippen LogP contribution is 2.57. The van der Waals surface area contributed by atoms with Crippen LogP contribution in [-0.2, 0) is 4.74 Å². The van der Waals surface area contributed by atoms with Crippen LogP contribution in [0, 0.1) is 23.7 Å². The quantitative estimate of drug-likeness (QED) is 0.201. The van der Waals surface area contributed by atoms with Crippen molar-refractivity contribution in [3.63, 3.8) is 0 Å². The Kier molecular flexibility index (Phi) is 4.94. The topological polar surface area (TPSA) is 48.2 Å². The lowest BCUT2D eigenvalue weighted by Gasteiger charge is -2.27. The van der Waals surface area contributed by atoms with Crippen molar-refractivity contribution in [3.05, 3.63) is 156 Å². The lowest BCUT2D eigenvalue weighted by atomic mass is 9.76. The average Bonchev–Trinajstić information content (AvgIpc) is 3.78. The minimum Gasteiger partial charge on any atom is -0.452 e. The Morgan fingerprint density at radius 2 is 1.57 bits per heavy atom. The molecule has 5 aliphatic carbocycles. The minimum absolute atomic E-state index is 0.0727. The van der Waals surface area contributed by atoms with E-state index in [9.17, 15) is 0 Å². The molecule has 218 valence electrons. The van der Waals surface area contributed by atoms with Gasteiger partial charge in [0, 0.05) is 40.2 Å². The SMILES string of the molecule is C1=CC2C=CC(c3nc(-c4ccc5c(c4)-c4cccc6c4C5=CC4C6OC5C=CC=CC54)nc4c3oc3ccccc34)=CC2C=C1. The van der Waals surface area contributed by atoms with Crippen LogP contribution in [0.4, 0.5) is 0 Å². The number of furan rings is 1. The summed E-state index contributed by atoms with van der Waals surface area (Å²) >= 11 is 0. The zero-order valence-electron chi connectivity index (χ0n) is 24.9. The Balaban J connectivity index is 1.09. The van der Waals surface area contributed by atoms with Crippen molar-refractivity contribution in [1.29, 1.82) is 0 Å². The first-order valence-corrected chi connectivity index (χ1v) is 16.2. The van der Waals surface area contributed by atoms with E-state index in [4.69, 9.17) is 19.1 Å². The molecule has 2 aromatic heterocycles. The van der Waals surface area contributed by atoms with Crippen molar-refractivity contribution in [2.24, 2.45) is 23.7 Å². The summed E-state index contributed by atoms with van der Waals surface area (Å²) in [6.45, 7) is 0. The highest BCUT2D eigenvalue weighted by Gasteiger charge is 2.47. The average molecular weight is 593 g/mol. The normalized spacial score (nSPS) is 27.3. The Bertz CT molecular complexity index is 2400. The third-order valence-corrected chi connectivity index (χ3v) is 10.7. The van der Waals surface area contributed by atoms with E-state index in [0.29, 0.717) is 29.5 Å².